The van der Waals surface area contributed by atoms with E-state index in [2.05, 4.69) is 33.0 Å². The zero-order valence-electron chi connectivity index (χ0n) is 9.03. The van der Waals surface area contributed by atoms with Gasteiger partial charge in [-0.1, -0.05) is 27.7 Å². The van der Waals surface area contributed by atoms with Crippen molar-refractivity contribution in [1.29, 1.82) is 0 Å². The molecular formula is C10H17F2NO. The van der Waals surface area contributed by atoms with Crippen LogP contribution in [0.5, 0.6) is 0 Å². The van der Waals surface area contributed by atoms with E-state index in [0.717, 1.165) is 0 Å². The number of carbonyl (C=O) groups excluding carboxylic acids is 1. The van der Waals surface area contributed by atoms with Crippen LogP contribution in [0.3, 0.4) is 0 Å². The van der Waals surface area contributed by atoms with Crippen LogP contribution in [0.25, 0.3) is 0 Å². The highest BCUT2D eigenvalue weighted by Crippen LogP contribution is 2.67. The summed E-state index contributed by atoms with van der Waals surface area (Å²) in [6.07, 6.45) is -2.90. The lowest BCUT2D eigenvalue weighted by molar-refractivity contribution is -0.131. The molecule has 0 aromatic heterocycles. The van der Waals surface area contributed by atoms with Crippen LogP contribution in [-0.4, -0.2) is 18.9 Å². The van der Waals surface area contributed by atoms with Gasteiger partial charge in [0.1, 0.15) is 0 Å². The molecule has 1 N–H and O–H groups in total. The number of carbonyl (C=O) groups is 1. The van der Waals surface area contributed by atoms with Crippen LogP contribution in [0.4, 0.5) is 8.78 Å². The Labute approximate surface area is 83.1 Å². The molecule has 0 aromatic rings. The van der Waals surface area contributed by atoms with Crippen LogP contribution in [0.2, 0.25) is 0 Å². The van der Waals surface area contributed by atoms with Gasteiger partial charge in [-0.2, -0.15) is 8.78 Å². The standard InChI is InChI=1S/C10H17F2NO/c1-9(2)6(10(9,3)4)5-13-8(14)7(11)12/h6-7H,5H2,1-4H3,(H,13,14). The summed E-state index contributed by atoms with van der Waals surface area (Å²) in [6.45, 7) is 8.71. The summed E-state index contributed by atoms with van der Waals surface area (Å²) >= 11 is 0. The third-order valence-corrected chi connectivity index (χ3v) is 4.00. The van der Waals surface area contributed by atoms with E-state index < -0.39 is 12.3 Å². The fraction of sp³-hybridized carbons (Fsp3) is 0.900. The van der Waals surface area contributed by atoms with Crippen molar-refractivity contribution in [3.05, 3.63) is 0 Å². The monoisotopic (exact) mass is 205 g/mol. The van der Waals surface area contributed by atoms with Gasteiger partial charge in [-0.15, -0.1) is 0 Å². The quantitative estimate of drug-likeness (QED) is 0.750. The molecule has 0 aromatic carbocycles. The molecule has 0 heterocycles. The van der Waals surface area contributed by atoms with E-state index in [1.807, 2.05) is 0 Å². The van der Waals surface area contributed by atoms with Gasteiger partial charge in [-0.3, -0.25) is 4.79 Å². The molecule has 1 aliphatic rings. The van der Waals surface area contributed by atoms with E-state index in [0.29, 0.717) is 6.54 Å². The van der Waals surface area contributed by atoms with Crippen molar-refractivity contribution in [2.45, 2.75) is 34.1 Å². The third kappa shape index (κ3) is 1.62. The zero-order valence-corrected chi connectivity index (χ0v) is 9.03. The van der Waals surface area contributed by atoms with Crippen LogP contribution in [-0.2, 0) is 4.79 Å². The smallest absolute Gasteiger partial charge is 0.315 e. The molecule has 0 bridgehead atoms. The lowest BCUT2D eigenvalue weighted by atomic mass is 10.0. The Bertz CT molecular complexity index is 235. The number of hydrogen-bond acceptors (Lipinski definition) is 1. The van der Waals surface area contributed by atoms with Crippen molar-refractivity contribution in [2.24, 2.45) is 16.7 Å². The Balaban J connectivity index is 2.40. The van der Waals surface area contributed by atoms with Crippen molar-refractivity contribution in [3.8, 4) is 0 Å². The van der Waals surface area contributed by atoms with Gasteiger partial charge >= 0.3 is 6.43 Å². The lowest BCUT2D eigenvalue weighted by Crippen LogP contribution is -2.32. The number of nitrogens with one attached hydrogen (secondary N) is 1. The Morgan fingerprint density at radius 2 is 1.71 bits per heavy atom. The predicted octanol–water partition coefficient (Wildman–Crippen LogP) is 2.05. The SMILES string of the molecule is CC1(C)C(CNC(=O)C(F)F)C1(C)C. The van der Waals surface area contributed by atoms with Gasteiger partial charge in [-0.25, -0.2) is 0 Å². The summed E-state index contributed by atoms with van der Waals surface area (Å²) in [7, 11) is 0. The van der Waals surface area contributed by atoms with Gasteiger partial charge in [0.15, 0.2) is 0 Å². The van der Waals surface area contributed by atoms with Gasteiger partial charge in [0.25, 0.3) is 5.91 Å². The molecule has 1 rings (SSSR count). The number of rotatable bonds is 3. The average Bonchev–Trinajstić information content (AvgIpc) is 2.39. The largest absolute Gasteiger partial charge is 0.351 e. The first-order valence-corrected chi connectivity index (χ1v) is 4.77. The maximum atomic E-state index is 11.9. The van der Waals surface area contributed by atoms with Gasteiger partial charge in [-0.05, 0) is 16.7 Å². The number of alkyl halides is 2. The fourth-order valence-electron chi connectivity index (χ4n) is 2.12. The van der Waals surface area contributed by atoms with Crippen molar-refractivity contribution in [2.75, 3.05) is 6.54 Å². The Kier molecular flexibility index (Phi) is 2.59. The normalized spacial score (nSPS) is 23.6. The van der Waals surface area contributed by atoms with Crippen LogP contribution in [0, 0.1) is 16.7 Å². The summed E-state index contributed by atoms with van der Waals surface area (Å²) in [5.41, 5.74) is 0.255. The number of hydrogen-bond donors (Lipinski definition) is 1. The lowest BCUT2D eigenvalue weighted by Gasteiger charge is -2.04. The molecule has 0 atom stereocenters. The molecule has 1 saturated carbocycles. The number of halogens is 2. The first-order chi connectivity index (χ1) is 6.21. The molecule has 1 amide bonds. The van der Waals surface area contributed by atoms with Crippen LogP contribution < -0.4 is 5.32 Å². The van der Waals surface area contributed by atoms with Crippen molar-refractivity contribution in [1.82, 2.24) is 5.32 Å². The minimum Gasteiger partial charge on any atom is -0.351 e. The molecule has 2 nitrogen and oxygen atoms in total. The van der Waals surface area contributed by atoms with Crippen LogP contribution in [0.1, 0.15) is 27.7 Å². The van der Waals surface area contributed by atoms with Gasteiger partial charge in [0.05, 0.1) is 0 Å². The fourth-order valence-corrected chi connectivity index (χ4v) is 2.12. The number of amides is 1. The van der Waals surface area contributed by atoms with E-state index in [1.165, 1.54) is 0 Å². The highest BCUT2D eigenvalue weighted by molar-refractivity contribution is 5.79. The Morgan fingerprint density at radius 1 is 1.29 bits per heavy atom. The van der Waals surface area contributed by atoms with Gasteiger partial charge < -0.3 is 5.32 Å². The van der Waals surface area contributed by atoms with E-state index >= 15 is 0 Å². The maximum Gasteiger partial charge on any atom is 0.315 e. The first-order valence-electron chi connectivity index (χ1n) is 4.77. The highest BCUT2D eigenvalue weighted by atomic mass is 19.3. The molecule has 0 unspecified atom stereocenters. The van der Waals surface area contributed by atoms with Crippen molar-refractivity contribution in [3.63, 3.8) is 0 Å². The summed E-state index contributed by atoms with van der Waals surface area (Å²) in [6, 6.07) is 0. The average molecular weight is 205 g/mol. The molecule has 1 fully saturated rings. The van der Waals surface area contributed by atoms with E-state index in [1.54, 1.807) is 0 Å². The zero-order chi connectivity index (χ0) is 11.1. The summed E-state index contributed by atoms with van der Waals surface area (Å²) in [5, 5.41) is 2.27. The molecule has 82 valence electrons. The molecule has 0 spiro atoms. The van der Waals surface area contributed by atoms with E-state index in [4.69, 9.17) is 0 Å². The second kappa shape index (κ2) is 3.17. The summed E-state index contributed by atoms with van der Waals surface area (Å²) < 4.78 is 23.7. The molecule has 1 aliphatic carbocycles. The summed E-state index contributed by atoms with van der Waals surface area (Å²) in [4.78, 5) is 10.6. The predicted molar refractivity (Wildman–Crippen MR) is 50.1 cm³/mol. The van der Waals surface area contributed by atoms with Gasteiger partial charge in [0.2, 0.25) is 0 Å². The molecule has 0 radical (unpaired) electrons. The molecule has 0 aliphatic heterocycles. The first kappa shape index (κ1) is 11.4. The Hall–Kier alpha value is -0.670. The van der Waals surface area contributed by atoms with Crippen LogP contribution in [0.15, 0.2) is 0 Å². The molecule has 4 heteroatoms. The second-order valence-corrected chi connectivity index (χ2v) is 5.04. The van der Waals surface area contributed by atoms with Crippen molar-refractivity contribution < 1.29 is 13.6 Å². The maximum absolute atomic E-state index is 11.9. The van der Waals surface area contributed by atoms with Crippen LogP contribution >= 0.6 is 0 Å². The highest BCUT2D eigenvalue weighted by Gasteiger charge is 2.64. The third-order valence-electron chi connectivity index (χ3n) is 4.00. The molecule has 14 heavy (non-hydrogen) atoms. The summed E-state index contributed by atoms with van der Waals surface area (Å²) in [5.74, 6) is -0.874. The molecular weight excluding hydrogens is 188 g/mol. The molecule has 0 saturated heterocycles. The minimum absolute atomic E-state index is 0.127. The minimum atomic E-state index is -2.90. The second-order valence-electron chi connectivity index (χ2n) is 5.04. The topological polar surface area (TPSA) is 29.1 Å². The van der Waals surface area contributed by atoms with Crippen molar-refractivity contribution >= 4 is 5.91 Å². The van der Waals surface area contributed by atoms with E-state index in [-0.39, 0.29) is 16.7 Å². The Morgan fingerprint density at radius 3 is 2.00 bits per heavy atom. The van der Waals surface area contributed by atoms with Gasteiger partial charge in [0, 0.05) is 6.54 Å². The van der Waals surface area contributed by atoms with E-state index in [9.17, 15) is 13.6 Å².